The van der Waals surface area contributed by atoms with Crippen molar-refractivity contribution in [1.29, 1.82) is 0 Å². The van der Waals surface area contributed by atoms with Crippen LogP contribution in [-0.2, 0) is 12.8 Å². The van der Waals surface area contributed by atoms with Crippen molar-refractivity contribution in [3.05, 3.63) is 54.0 Å². The van der Waals surface area contributed by atoms with E-state index >= 15 is 0 Å². The van der Waals surface area contributed by atoms with Gasteiger partial charge in [-0.2, -0.15) is 0 Å². The van der Waals surface area contributed by atoms with Crippen LogP contribution >= 0.6 is 0 Å². The number of hydrogen-bond donors (Lipinski definition) is 2. The Morgan fingerprint density at radius 3 is 2.85 bits per heavy atom. The van der Waals surface area contributed by atoms with Crippen LogP contribution in [0.5, 0.6) is 0 Å². The lowest BCUT2D eigenvalue weighted by molar-refractivity contribution is 0.461. The van der Waals surface area contributed by atoms with Gasteiger partial charge in [0.2, 0.25) is 0 Å². The van der Waals surface area contributed by atoms with E-state index in [1.165, 1.54) is 55.0 Å². The van der Waals surface area contributed by atoms with Crippen LogP contribution in [0.4, 0.5) is 11.6 Å². The van der Waals surface area contributed by atoms with E-state index in [0.717, 1.165) is 41.1 Å². The average molecular weight is 455 g/mol. The van der Waals surface area contributed by atoms with Crippen molar-refractivity contribution in [1.82, 2.24) is 19.5 Å². The summed E-state index contributed by atoms with van der Waals surface area (Å²) in [5, 5.41) is 5.92. The van der Waals surface area contributed by atoms with Gasteiger partial charge < -0.3 is 15.6 Å². The van der Waals surface area contributed by atoms with E-state index < -0.39 is 0 Å². The van der Waals surface area contributed by atoms with Crippen molar-refractivity contribution in [3.63, 3.8) is 0 Å². The summed E-state index contributed by atoms with van der Waals surface area (Å²) in [5.74, 6) is 2.44. The number of nitrogens with one attached hydrogen (secondary N) is 1. The second-order valence-corrected chi connectivity index (χ2v) is 10.2. The molecular formula is C28H34N6. The van der Waals surface area contributed by atoms with Crippen LogP contribution < -0.4 is 11.1 Å². The number of nitrogens with zero attached hydrogens (tertiary/aromatic N) is 4. The van der Waals surface area contributed by atoms with E-state index in [2.05, 4.69) is 56.4 Å². The molecule has 7 rings (SSSR count). The highest BCUT2D eigenvalue weighted by atomic mass is 15.1. The number of rotatable bonds is 4. The summed E-state index contributed by atoms with van der Waals surface area (Å²) in [4.78, 5) is 13.6. The fraction of sp³-hybridized carbons (Fsp3) is 0.464. The molecule has 0 amide bonds. The van der Waals surface area contributed by atoms with Gasteiger partial charge >= 0.3 is 0 Å². The Balaban J connectivity index is 0.00000106. The van der Waals surface area contributed by atoms with E-state index in [9.17, 15) is 0 Å². The Hall–Kier alpha value is -3.15. The van der Waals surface area contributed by atoms with E-state index in [-0.39, 0.29) is 0 Å². The molecule has 3 N–H and O–H groups in total. The zero-order valence-electron chi connectivity index (χ0n) is 20.2. The fourth-order valence-electron chi connectivity index (χ4n) is 5.99. The minimum atomic E-state index is 0.345. The summed E-state index contributed by atoms with van der Waals surface area (Å²) >= 11 is 0. The summed E-state index contributed by atoms with van der Waals surface area (Å²) in [6, 6.07) is 11.8. The van der Waals surface area contributed by atoms with E-state index in [1.807, 2.05) is 13.8 Å². The molecule has 2 unspecified atom stereocenters. The summed E-state index contributed by atoms with van der Waals surface area (Å²) < 4.78 is 2.31. The molecule has 2 fully saturated rings. The normalized spacial score (nSPS) is 21.9. The van der Waals surface area contributed by atoms with Crippen LogP contribution in [0, 0.1) is 5.92 Å². The van der Waals surface area contributed by atoms with Crippen molar-refractivity contribution in [3.8, 4) is 0 Å². The highest BCUT2D eigenvalue weighted by Gasteiger charge is 2.47. The lowest BCUT2D eigenvalue weighted by Gasteiger charge is -2.14. The Labute approximate surface area is 201 Å². The Morgan fingerprint density at radius 2 is 2.00 bits per heavy atom. The fourth-order valence-corrected chi connectivity index (χ4v) is 5.99. The number of nitrogen functional groups attached to an aromatic ring is 1. The number of nitrogens with two attached hydrogens (primary N) is 1. The third kappa shape index (κ3) is 3.69. The van der Waals surface area contributed by atoms with Crippen LogP contribution in [0.3, 0.4) is 0 Å². The predicted octanol–water partition coefficient (Wildman–Crippen LogP) is 6.06. The van der Waals surface area contributed by atoms with E-state index in [4.69, 9.17) is 10.7 Å². The van der Waals surface area contributed by atoms with Crippen molar-refractivity contribution in [2.45, 2.75) is 76.8 Å². The van der Waals surface area contributed by atoms with Gasteiger partial charge in [-0.25, -0.2) is 15.0 Å². The number of pyridine rings is 1. The molecule has 1 aliphatic heterocycles. The number of benzene rings is 1. The van der Waals surface area contributed by atoms with Crippen molar-refractivity contribution in [2.24, 2.45) is 5.92 Å². The molecule has 4 aromatic rings. The van der Waals surface area contributed by atoms with Gasteiger partial charge in [-0.15, -0.1) is 0 Å². The first-order chi connectivity index (χ1) is 16.7. The molecule has 0 radical (unpaired) electrons. The van der Waals surface area contributed by atoms with Gasteiger partial charge in [0, 0.05) is 23.2 Å². The van der Waals surface area contributed by atoms with Crippen LogP contribution in [0.2, 0.25) is 0 Å². The van der Waals surface area contributed by atoms with E-state index in [1.54, 1.807) is 6.33 Å². The summed E-state index contributed by atoms with van der Waals surface area (Å²) in [7, 11) is 0. The standard InChI is InChI=1S/C26H28N6.C2H6/c27-23-21-7-10-32(25(21)29-15-28-23)20-6-4-16(11-20)1-2-17-3-5-18-13-19-14-26(8-9-26)31-24(19)30-22(18)12-17;1-2/h3,5,7,10,12-13,15-16,20H,1-2,4,6,8-9,11,14H2,(H,30,31)(H2,27,28,29);1-2H3. The first-order valence-electron chi connectivity index (χ1n) is 12.9. The lowest BCUT2D eigenvalue weighted by Crippen LogP contribution is -2.16. The highest BCUT2D eigenvalue weighted by Crippen LogP contribution is 2.48. The Bertz CT molecular complexity index is 1350. The molecule has 3 aromatic heterocycles. The van der Waals surface area contributed by atoms with Crippen LogP contribution in [0.25, 0.3) is 21.9 Å². The van der Waals surface area contributed by atoms with Gasteiger partial charge in [-0.05, 0) is 86.6 Å². The maximum Gasteiger partial charge on any atom is 0.145 e. The molecule has 2 atom stereocenters. The average Bonchev–Trinajstić information content (AvgIpc) is 3.20. The molecule has 0 saturated heterocycles. The van der Waals surface area contributed by atoms with Crippen molar-refractivity contribution in [2.75, 3.05) is 11.1 Å². The molecule has 4 heterocycles. The van der Waals surface area contributed by atoms with Crippen LogP contribution in [0.15, 0.2) is 42.9 Å². The van der Waals surface area contributed by atoms with Gasteiger partial charge in [-0.1, -0.05) is 26.0 Å². The maximum atomic E-state index is 6.02. The van der Waals surface area contributed by atoms with Crippen molar-refractivity contribution < 1.29 is 0 Å². The quantitative estimate of drug-likeness (QED) is 0.391. The Morgan fingerprint density at radius 1 is 1.12 bits per heavy atom. The molecule has 176 valence electrons. The first kappa shape index (κ1) is 21.4. The smallest absolute Gasteiger partial charge is 0.145 e. The molecule has 34 heavy (non-hydrogen) atoms. The van der Waals surface area contributed by atoms with Gasteiger partial charge in [0.25, 0.3) is 0 Å². The minimum absolute atomic E-state index is 0.345. The lowest BCUT2D eigenvalue weighted by atomic mass is 9.97. The van der Waals surface area contributed by atoms with Crippen LogP contribution in [-0.4, -0.2) is 25.1 Å². The zero-order valence-corrected chi connectivity index (χ0v) is 20.2. The van der Waals surface area contributed by atoms with Gasteiger partial charge in [-0.3, -0.25) is 0 Å². The molecule has 1 aromatic carbocycles. The number of fused-ring (bicyclic) bond motifs is 3. The van der Waals surface area contributed by atoms with Gasteiger partial charge in [0.15, 0.2) is 0 Å². The SMILES string of the molecule is CC.Nc1ncnc2c1ccn2C1CCC(CCc2ccc3cc4c(nc3c2)NC2(CC2)C4)C1. The minimum Gasteiger partial charge on any atom is -0.383 e. The molecule has 2 aliphatic carbocycles. The third-order valence-corrected chi connectivity index (χ3v) is 8.02. The monoisotopic (exact) mass is 454 g/mol. The molecule has 2 saturated carbocycles. The third-order valence-electron chi connectivity index (χ3n) is 8.02. The first-order valence-corrected chi connectivity index (χ1v) is 12.9. The van der Waals surface area contributed by atoms with Crippen LogP contribution in [0.1, 0.15) is 69.5 Å². The van der Waals surface area contributed by atoms with E-state index in [0.29, 0.717) is 17.4 Å². The summed E-state index contributed by atoms with van der Waals surface area (Å²) in [5.41, 5.74) is 11.3. The number of aromatic nitrogens is 4. The summed E-state index contributed by atoms with van der Waals surface area (Å²) in [6.45, 7) is 4.00. The molecular weight excluding hydrogens is 420 g/mol. The number of anilines is 2. The number of aryl methyl sites for hydroxylation is 1. The van der Waals surface area contributed by atoms with Gasteiger partial charge in [0.05, 0.1) is 10.9 Å². The number of hydrogen-bond acceptors (Lipinski definition) is 5. The molecule has 1 spiro atoms. The predicted molar refractivity (Wildman–Crippen MR) is 139 cm³/mol. The molecule has 0 bridgehead atoms. The van der Waals surface area contributed by atoms with Crippen molar-refractivity contribution >= 4 is 33.6 Å². The second-order valence-electron chi connectivity index (χ2n) is 10.2. The molecule has 3 aliphatic rings. The second kappa shape index (κ2) is 8.26. The Kier molecular flexibility index (Phi) is 5.19. The van der Waals surface area contributed by atoms with Gasteiger partial charge in [0.1, 0.15) is 23.6 Å². The summed E-state index contributed by atoms with van der Waals surface area (Å²) in [6.07, 6.45) is 13.5. The maximum absolute atomic E-state index is 6.02. The molecule has 6 nitrogen and oxygen atoms in total. The molecule has 6 heteroatoms. The zero-order chi connectivity index (χ0) is 23.3. The largest absolute Gasteiger partial charge is 0.383 e. The highest BCUT2D eigenvalue weighted by molar-refractivity contribution is 5.86. The topological polar surface area (TPSA) is 81.7 Å².